The molecular weight excluding hydrogens is 609 g/mol. The van der Waals surface area contributed by atoms with Crippen molar-refractivity contribution in [1.29, 1.82) is 0 Å². The van der Waals surface area contributed by atoms with Gasteiger partial charge in [-0.3, -0.25) is 4.98 Å². The van der Waals surface area contributed by atoms with Gasteiger partial charge >= 0.3 is 0 Å². The number of pyridine rings is 1. The van der Waals surface area contributed by atoms with E-state index in [0.717, 1.165) is 55.3 Å². The summed E-state index contributed by atoms with van der Waals surface area (Å²) in [4.78, 5) is 6.74. The first kappa shape index (κ1) is 28.3. The maximum absolute atomic E-state index is 6.40. The lowest BCUT2D eigenvalue weighted by Gasteiger charge is -2.28. The number of fused-ring (bicyclic) bond motifs is 6. The number of aromatic nitrogens is 1. The van der Waals surface area contributed by atoms with Crippen molar-refractivity contribution in [2.45, 2.75) is 0 Å². The fourth-order valence-corrected chi connectivity index (χ4v) is 7.35. The Morgan fingerprint density at radius 2 is 1.02 bits per heavy atom. The van der Waals surface area contributed by atoms with Crippen molar-refractivity contribution in [3.8, 4) is 22.3 Å². The second-order valence-electron chi connectivity index (χ2n) is 12.9. The Kier molecular flexibility index (Phi) is 6.49. The zero-order valence-electron chi connectivity index (χ0n) is 27.1. The maximum atomic E-state index is 6.40. The molecule has 234 valence electrons. The SMILES string of the molecule is c1ccc(N(c2ccc(-c3ccc4ccccc4c3)cc2)c2ccc3oc4cc5ccncc5cc4c3c2)c(-c2ccc3ccccc3c2)c1. The third-order valence-corrected chi connectivity index (χ3v) is 9.88. The van der Waals surface area contributed by atoms with E-state index >= 15 is 0 Å². The number of furan rings is 1. The number of anilines is 3. The first-order valence-electron chi connectivity index (χ1n) is 16.9. The normalized spacial score (nSPS) is 11.6. The molecule has 0 spiro atoms. The molecule has 2 heterocycles. The van der Waals surface area contributed by atoms with Crippen molar-refractivity contribution < 1.29 is 4.42 Å². The molecule has 0 unspecified atom stereocenters. The summed E-state index contributed by atoms with van der Waals surface area (Å²) >= 11 is 0. The lowest BCUT2D eigenvalue weighted by Crippen LogP contribution is -2.11. The molecule has 50 heavy (non-hydrogen) atoms. The summed E-state index contributed by atoms with van der Waals surface area (Å²) in [5, 5.41) is 9.30. The number of hydrogen-bond donors (Lipinski definition) is 0. The Balaban J connectivity index is 1.16. The van der Waals surface area contributed by atoms with Crippen LogP contribution < -0.4 is 4.90 Å². The van der Waals surface area contributed by atoms with Gasteiger partial charge in [0.15, 0.2) is 0 Å². The first-order chi connectivity index (χ1) is 24.7. The molecule has 0 aliphatic carbocycles. The lowest BCUT2D eigenvalue weighted by molar-refractivity contribution is 0.669. The van der Waals surface area contributed by atoms with Crippen molar-refractivity contribution in [3.63, 3.8) is 0 Å². The van der Waals surface area contributed by atoms with Gasteiger partial charge in [0, 0.05) is 45.5 Å². The van der Waals surface area contributed by atoms with Gasteiger partial charge in [-0.25, -0.2) is 0 Å². The van der Waals surface area contributed by atoms with Crippen LogP contribution in [-0.2, 0) is 0 Å². The molecule has 3 nitrogen and oxygen atoms in total. The summed E-state index contributed by atoms with van der Waals surface area (Å²) in [7, 11) is 0. The molecule has 2 aromatic heterocycles. The molecule has 0 radical (unpaired) electrons. The van der Waals surface area contributed by atoms with Crippen LogP contribution in [-0.4, -0.2) is 4.98 Å². The molecular formula is C47H30N2O. The van der Waals surface area contributed by atoms with Gasteiger partial charge in [-0.05, 0) is 110 Å². The highest BCUT2D eigenvalue weighted by atomic mass is 16.3. The minimum absolute atomic E-state index is 0.862. The average Bonchev–Trinajstić information content (AvgIpc) is 3.54. The predicted octanol–water partition coefficient (Wildman–Crippen LogP) is 13.2. The summed E-state index contributed by atoms with van der Waals surface area (Å²) in [6.07, 6.45) is 3.74. The van der Waals surface area contributed by atoms with E-state index in [0.29, 0.717) is 0 Å². The zero-order valence-corrected chi connectivity index (χ0v) is 27.1. The summed E-state index contributed by atoms with van der Waals surface area (Å²) < 4.78 is 6.40. The molecule has 0 aliphatic rings. The highest BCUT2D eigenvalue weighted by Gasteiger charge is 2.19. The van der Waals surface area contributed by atoms with Gasteiger partial charge < -0.3 is 9.32 Å². The third kappa shape index (κ3) is 4.79. The van der Waals surface area contributed by atoms with Crippen LogP contribution in [0.4, 0.5) is 17.1 Å². The van der Waals surface area contributed by atoms with Crippen LogP contribution in [0.3, 0.4) is 0 Å². The van der Waals surface area contributed by atoms with Crippen molar-refractivity contribution >= 4 is 71.3 Å². The zero-order chi connectivity index (χ0) is 33.0. The molecule has 0 aliphatic heterocycles. The van der Waals surface area contributed by atoms with E-state index < -0.39 is 0 Å². The molecule has 10 aromatic rings. The quantitative estimate of drug-likeness (QED) is 0.188. The van der Waals surface area contributed by atoms with E-state index in [9.17, 15) is 0 Å². The summed E-state index contributed by atoms with van der Waals surface area (Å²) in [6, 6.07) is 61.0. The van der Waals surface area contributed by atoms with Gasteiger partial charge in [0.25, 0.3) is 0 Å². The van der Waals surface area contributed by atoms with Crippen LogP contribution in [0.1, 0.15) is 0 Å². The molecule has 0 atom stereocenters. The topological polar surface area (TPSA) is 29.3 Å². The first-order valence-corrected chi connectivity index (χ1v) is 16.9. The number of nitrogens with zero attached hydrogens (tertiary/aromatic N) is 2. The van der Waals surface area contributed by atoms with Crippen molar-refractivity contribution in [2.75, 3.05) is 4.90 Å². The fraction of sp³-hybridized carbons (Fsp3) is 0. The van der Waals surface area contributed by atoms with E-state index in [1.54, 1.807) is 0 Å². The Morgan fingerprint density at radius 3 is 1.82 bits per heavy atom. The number of rotatable bonds is 5. The highest BCUT2D eigenvalue weighted by Crippen LogP contribution is 2.44. The van der Waals surface area contributed by atoms with Crippen LogP contribution in [0.25, 0.3) is 76.5 Å². The molecule has 0 amide bonds. The van der Waals surface area contributed by atoms with E-state index in [-0.39, 0.29) is 0 Å². The van der Waals surface area contributed by atoms with Crippen LogP contribution >= 0.6 is 0 Å². The highest BCUT2D eigenvalue weighted by molar-refractivity contribution is 6.11. The smallest absolute Gasteiger partial charge is 0.136 e. The lowest BCUT2D eigenvalue weighted by atomic mass is 9.98. The largest absolute Gasteiger partial charge is 0.456 e. The second kappa shape index (κ2) is 11.5. The van der Waals surface area contributed by atoms with Crippen LogP contribution in [0, 0.1) is 0 Å². The van der Waals surface area contributed by atoms with E-state index in [1.807, 2.05) is 18.5 Å². The van der Waals surface area contributed by atoms with Crippen LogP contribution in [0.15, 0.2) is 187 Å². The predicted molar refractivity (Wildman–Crippen MR) is 210 cm³/mol. The fourth-order valence-electron chi connectivity index (χ4n) is 7.35. The van der Waals surface area contributed by atoms with E-state index in [1.165, 1.54) is 38.2 Å². The number of hydrogen-bond acceptors (Lipinski definition) is 3. The summed E-state index contributed by atoms with van der Waals surface area (Å²) in [5.41, 5.74) is 9.67. The van der Waals surface area contributed by atoms with Crippen LogP contribution in [0.5, 0.6) is 0 Å². The van der Waals surface area contributed by atoms with Crippen molar-refractivity contribution in [2.24, 2.45) is 0 Å². The number of benzene rings is 8. The monoisotopic (exact) mass is 638 g/mol. The molecule has 0 N–H and O–H groups in total. The average molecular weight is 639 g/mol. The van der Waals surface area contributed by atoms with Crippen LogP contribution in [0.2, 0.25) is 0 Å². The maximum Gasteiger partial charge on any atom is 0.136 e. The summed E-state index contributed by atoms with van der Waals surface area (Å²) in [5.74, 6) is 0. The van der Waals surface area contributed by atoms with Gasteiger partial charge in [0.1, 0.15) is 11.2 Å². The standard InChI is InChI=1S/C47H30N2O/c1-3-9-34-25-36(15-13-31(34)7-1)33-17-19-40(20-18-33)49(45-12-6-5-11-42(45)38-16-14-32-8-2-4-10-35(32)26-38)41-21-22-46-44(29-41)43-27-39-30-48-24-23-37(39)28-47(43)50-46/h1-30H. The molecule has 10 rings (SSSR count). The molecule has 0 saturated heterocycles. The van der Waals surface area contributed by atoms with Crippen molar-refractivity contribution in [3.05, 3.63) is 182 Å². The molecule has 0 bridgehead atoms. The Bertz CT molecular complexity index is 2890. The second-order valence-corrected chi connectivity index (χ2v) is 12.9. The summed E-state index contributed by atoms with van der Waals surface area (Å²) in [6.45, 7) is 0. The molecule has 3 heteroatoms. The van der Waals surface area contributed by atoms with Crippen molar-refractivity contribution in [1.82, 2.24) is 4.98 Å². The Labute approximate surface area is 289 Å². The Morgan fingerprint density at radius 1 is 0.400 bits per heavy atom. The van der Waals surface area contributed by atoms with Gasteiger partial charge in [-0.1, -0.05) is 103 Å². The van der Waals surface area contributed by atoms with E-state index in [4.69, 9.17) is 4.42 Å². The molecule has 0 saturated carbocycles. The van der Waals surface area contributed by atoms with Gasteiger partial charge in [-0.2, -0.15) is 0 Å². The van der Waals surface area contributed by atoms with E-state index in [2.05, 4.69) is 174 Å². The van der Waals surface area contributed by atoms with Gasteiger partial charge in [-0.15, -0.1) is 0 Å². The van der Waals surface area contributed by atoms with Gasteiger partial charge in [0.05, 0.1) is 5.69 Å². The Hall–Kier alpha value is -6.71. The minimum Gasteiger partial charge on any atom is -0.456 e. The molecule has 0 fully saturated rings. The molecule has 8 aromatic carbocycles. The minimum atomic E-state index is 0.862. The van der Waals surface area contributed by atoms with Gasteiger partial charge in [0.2, 0.25) is 0 Å². The third-order valence-electron chi connectivity index (χ3n) is 9.88. The number of para-hydroxylation sites is 1.